The molecule has 0 spiro atoms. The molecule has 1 aliphatic carbocycles. The van der Waals surface area contributed by atoms with Crippen LogP contribution < -0.4 is 20.3 Å². The lowest BCUT2D eigenvalue weighted by Crippen LogP contribution is -2.61. The lowest BCUT2D eigenvalue weighted by Gasteiger charge is -2.49. The summed E-state index contributed by atoms with van der Waals surface area (Å²) in [4.78, 5) is 77.2. The summed E-state index contributed by atoms with van der Waals surface area (Å²) < 4.78 is 7.66. The Morgan fingerprint density at radius 1 is 0.929 bits per heavy atom. The molecule has 15 heteroatoms. The highest BCUT2D eigenvalue weighted by atomic mass is 16.5. The van der Waals surface area contributed by atoms with Crippen molar-refractivity contribution in [3.05, 3.63) is 82.8 Å². The molecule has 0 radical (unpaired) electrons. The molecular formula is C41H45N9O6. The Morgan fingerprint density at radius 3 is 2.45 bits per heavy atom. The van der Waals surface area contributed by atoms with Gasteiger partial charge in [0.25, 0.3) is 17.7 Å². The van der Waals surface area contributed by atoms with Crippen LogP contribution >= 0.6 is 0 Å². The second kappa shape index (κ2) is 14.0. The summed E-state index contributed by atoms with van der Waals surface area (Å²) in [7, 11) is 2.21. The van der Waals surface area contributed by atoms with Gasteiger partial charge in [-0.3, -0.25) is 34.2 Å². The summed E-state index contributed by atoms with van der Waals surface area (Å²) in [5.41, 5.74) is 5.40. The van der Waals surface area contributed by atoms with E-state index in [2.05, 4.69) is 43.6 Å². The first-order valence-electron chi connectivity index (χ1n) is 19.5. The minimum absolute atomic E-state index is 0.000950. The van der Waals surface area contributed by atoms with Crippen molar-refractivity contribution in [1.82, 2.24) is 34.6 Å². The molecule has 56 heavy (non-hydrogen) atoms. The third kappa shape index (κ3) is 6.33. The highest BCUT2D eigenvalue weighted by Crippen LogP contribution is 2.39. The molecule has 1 atom stereocenters. The lowest BCUT2D eigenvalue weighted by atomic mass is 9.88. The van der Waals surface area contributed by atoms with E-state index in [1.165, 1.54) is 6.20 Å². The molecule has 1 unspecified atom stereocenters. The topological polar surface area (TPSA) is 162 Å². The second-order valence-corrected chi connectivity index (χ2v) is 15.9. The number of anilines is 2. The van der Waals surface area contributed by atoms with Crippen LogP contribution in [0, 0.1) is 0 Å². The van der Waals surface area contributed by atoms with E-state index in [4.69, 9.17) is 4.74 Å². The van der Waals surface area contributed by atoms with Crippen molar-refractivity contribution in [3.8, 4) is 5.75 Å². The predicted octanol–water partition coefficient (Wildman–Crippen LogP) is 3.62. The number of hydrogen-bond donors (Lipinski definition) is 2. The Hall–Kier alpha value is -5.83. The Labute approximate surface area is 323 Å². The standard InChI is InChI=1S/C41H45N9O6/c1-23(2)56-35-17-31-25(16-33(35)44-38(52)32-18-43-50-14-4-13-42-37(32)50)19-48(41(31)55)27-7-5-26(6-8-27)46(3)29-21-47(22-29)28-9-10-30-24(15-28)20-49(40(30)54)34-11-12-36(51)45-39(34)53/h4,9-10,13-18,23,26-27,29,34H,5-8,11-12,19-22H2,1-3H3,(H,44,52)(H,45,51,53). The average Bonchev–Trinajstić information content (AvgIpc) is 3.84. The maximum absolute atomic E-state index is 13.9. The SMILES string of the molecule is CC(C)Oc1cc2c(cc1NC(=O)c1cnn3cccnc13)CN(C1CCC(N(C)C3CN(c4ccc5c(c4)CN(C4CCC(=O)NC4=O)C5=O)C3)CC1)C2=O. The number of carbonyl (C=O) groups excluding carboxylic acids is 5. The van der Waals surface area contributed by atoms with Crippen LogP contribution in [0.25, 0.3) is 5.65 Å². The van der Waals surface area contributed by atoms with Gasteiger partial charge in [-0.15, -0.1) is 0 Å². The van der Waals surface area contributed by atoms with E-state index in [1.54, 1.807) is 33.9 Å². The van der Waals surface area contributed by atoms with Crippen LogP contribution in [0.3, 0.4) is 0 Å². The van der Waals surface area contributed by atoms with Gasteiger partial charge in [-0.05, 0) is 101 Å². The minimum atomic E-state index is -0.620. The molecular weight excluding hydrogens is 715 g/mol. The quantitative estimate of drug-likeness (QED) is 0.241. The van der Waals surface area contributed by atoms with Gasteiger partial charge < -0.3 is 24.8 Å². The minimum Gasteiger partial charge on any atom is -0.489 e. The molecule has 3 fully saturated rings. The molecule has 1 saturated carbocycles. The monoisotopic (exact) mass is 759 g/mol. The number of ether oxygens (including phenoxy) is 1. The van der Waals surface area contributed by atoms with Crippen LogP contribution in [0.15, 0.2) is 55.0 Å². The predicted molar refractivity (Wildman–Crippen MR) is 205 cm³/mol. The Bertz CT molecular complexity index is 2270. The molecule has 2 aromatic heterocycles. The summed E-state index contributed by atoms with van der Waals surface area (Å²) >= 11 is 0. The molecule has 5 amide bonds. The fourth-order valence-corrected chi connectivity index (χ4v) is 9.04. The largest absolute Gasteiger partial charge is 0.489 e. The highest BCUT2D eigenvalue weighted by molar-refractivity contribution is 6.09. The molecule has 290 valence electrons. The molecule has 15 nitrogen and oxygen atoms in total. The number of aromatic nitrogens is 3. The zero-order valence-electron chi connectivity index (χ0n) is 31.7. The van der Waals surface area contributed by atoms with E-state index >= 15 is 0 Å². The van der Waals surface area contributed by atoms with E-state index in [9.17, 15) is 24.0 Å². The van der Waals surface area contributed by atoms with Gasteiger partial charge in [-0.1, -0.05) is 0 Å². The number of rotatable bonds is 9. The summed E-state index contributed by atoms with van der Waals surface area (Å²) in [5.74, 6) is -0.749. The normalized spacial score (nSPS) is 22.5. The number of carbonyl (C=O) groups is 5. The molecule has 4 aromatic rings. The Morgan fingerprint density at radius 2 is 1.68 bits per heavy atom. The third-order valence-corrected chi connectivity index (χ3v) is 12.2. The number of hydrogen-bond acceptors (Lipinski definition) is 10. The Kier molecular flexibility index (Phi) is 8.98. The maximum Gasteiger partial charge on any atom is 0.261 e. The van der Waals surface area contributed by atoms with Crippen molar-refractivity contribution in [2.45, 2.75) is 95.7 Å². The van der Waals surface area contributed by atoms with Gasteiger partial charge in [0.05, 0.1) is 18.0 Å². The van der Waals surface area contributed by atoms with E-state index in [0.29, 0.717) is 65.4 Å². The van der Waals surface area contributed by atoms with Gasteiger partial charge in [-0.25, -0.2) is 9.50 Å². The second-order valence-electron chi connectivity index (χ2n) is 15.9. The van der Waals surface area contributed by atoms with Crippen molar-refractivity contribution in [1.29, 1.82) is 0 Å². The van der Waals surface area contributed by atoms with Gasteiger partial charge >= 0.3 is 0 Å². The van der Waals surface area contributed by atoms with E-state index in [1.807, 2.05) is 36.9 Å². The van der Waals surface area contributed by atoms with Crippen LogP contribution in [0.1, 0.15) is 94.6 Å². The number of amides is 5. The third-order valence-electron chi connectivity index (χ3n) is 12.2. The molecule has 5 aliphatic rings. The summed E-state index contributed by atoms with van der Waals surface area (Å²) in [6.45, 7) is 6.44. The zero-order valence-corrected chi connectivity index (χ0v) is 31.7. The zero-order chi connectivity index (χ0) is 38.8. The first kappa shape index (κ1) is 35.8. The fourth-order valence-electron chi connectivity index (χ4n) is 9.04. The number of likely N-dealkylation sites (N-methyl/N-ethyl adjacent to an activating group) is 1. The van der Waals surface area contributed by atoms with Crippen LogP contribution in [-0.4, -0.2) is 109 Å². The molecule has 6 heterocycles. The van der Waals surface area contributed by atoms with Crippen molar-refractivity contribution >= 4 is 46.6 Å². The first-order chi connectivity index (χ1) is 27.0. The van der Waals surface area contributed by atoms with Crippen molar-refractivity contribution in [2.24, 2.45) is 0 Å². The number of nitrogens with one attached hydrogen (secondary N) is 2. The van der Waals surface area contributed by atoms with Gasteiger partial charge in [0.2, 0.25) is 11.8 Å². The highest BCUT2D eigenvalue weighted by Gasteiger charge is 2.42. The van der Waals surface area contributed by atoms with Crippen LogP contribution in [-0.2, 0) is 22.7 Å². The first-order valence-corrected chi connectivity index (χ1v) is 19.5. The summed E-state index contributed by atoms with van der Waals surface area (Å²) in [6.07, 6.45) is 9.07. The molecule has 4 aliphatic heterocycles. The lowest BCUT2D eigenvalue weighted by molar-refractivity contribution is -0.136. The van der Waals surface area contributed by atoms with Crippen molar-refractivity contribution in [2.75, 3.05) is 30.4 Å². The summed E-state index contributed by atoms with van der Waals surface area (Å²) in [6, 6.07) is 11.6. The van der Waals surface area contributed by atoms with Crippen LogP contribution in [0.5, 0.6) is 5.75 Å². The van der Waals surface area contributed by atoms with E-state index in [0.717, 1.165) is 55.6 Å². The van der Waals surface area contributed by atoms with E-state index in [-0.39, 0.29) is 42.2 Å². The van der Waals surface area contributed by atoms with Gasteiger partial charge in [0.15, 0.2) is 5.65 Å². The number of nitrogens with zero attached hydrogens (tertiary/aromatic N) is 7. The number of benzene rings is 2. The number of imide groups is 1. The van der Waals surface area contributed by atoms with Crippen LogP contribution in [0.4, 0.5) is 11.4 Å². The maximum atomic E-state index is 13.9. The van der Waals surface area contributed by atoms with E-state index < -0.39 is 11.9 Å². The molecule has 0 bridgehead atoms. The molecule has 2 saturated heterocycles. The van der Waals surface area contributed by atoms with Crippen LogP contribution in [0.2, 0.25) is 0 Å². The fraction of sp³-hybridized carbons (Fsp3) is 0.439. The van der Waals surface area contributed by atoms with Gasteiger partial charge in [0.1, 0.15) is 17.4 Å². The van der Waals surface area contributed by atoms with Crippen molar-refractivity contribution in [3.63, 3.8) is 0 Å². The molecule has 2 aromatic carbocycles. The average molecular weight is 760 g/mol. The number of piperidine rings is 1. The smallest absolute Gasteiger partial charge is 0.261 e. The molecule has 9 rings (SSSR count). The molecule has 2 N–H and O–H groups in total. The van der Waals surface area contributed by atoms with Gasteiger partial charge in [0, 0.05) is 79.9 Å². The van der Waals surface area contributed by atoms with Gasteiger partial charge in [-0.2, -0.15) is 5.10 Å². The summed E-state index contributed by atoms with van der Waals surface area (Å²) in [5, 5.41) is 9.60. The Balaban J connectivity index is 0.802. The van der Waals surface area contributed by atoms with Crippen molar-refractivity contribution < 1.29 is 28.7 Å². The number of fused-ring (bicyclic) bond motifs is 3.